The van der Waals surface area contributed by atoms with E-state index in [0.29, 0.717) is 5.82 Å². The molecular formula is C13H21N3. The normalized spacial score (nSPS) is 24.8. The van der Waals surface area contributed by atoms with E-state index in [2.05, 4.69) is 23.3 Å². The van der Waals surface area contributed by atoms with Gasteiger partial charge >= 0.3 is 0 Å². The minimum absolute atomic E-state index is 0.638. The Balaban J connectivity index is 1.87. The van der Waals surface area contributed by atoms with Crippen LogP contribution >= 0.6 is 0 Å². The molecule has 16 heavy (non-hydrogen) atoms. The number of nitrogen functional groups attached to an aromatic ring is 1. The molecule has 0 aliphatic heterocycles. The van der Waals surface area contributed by atoms with Crippen molar-refractivity contribution in [2.24, 2.45) is 5.92 Å². The standard InChI is InChI=1S/C13H21N3/c1-2-15-12-4-3-10(8-12)7-11-5-6-16-13(14)9-11/h5-6,9-10,12,15H,2-4,7-8H2,1H3,(H2,14,16). The zero-order chi connectivity index (χ0) is 11.4. The summed E-state index contributed by atoms with van der Waals surface area (Å²) in [6.07, 6.45) is 6.91. The molecule has 3 nitrogen and oxygen atoms in total. The van der Waals surface area contributed by atoms with Gasteiger partial charge < -0.3 is 11.1 Å². The average Bonchev–Trinajstić information content (AvgIpc) is 2.66. The van der Waals surface area contributed by atoms with Crippen LogP contribution < -0.4 is 11.1 Å². The van der Waals surface area contributed by atoms with Crippen LogP contribution in [0.3, 0.4) is 0 Å². The second kappa shape index (κ2) is 5.30. The first kappa shape index (κ1) is 11.4. The Bertz CT molecular complexity index is 338. The van der Waals surface area contributed by atoms with Crippen molar-refractivity contribution in [3.63, 3.8) is 0 Å². The fourth-order valence-electron chi connectivity index (χ4n) is 2.69. The molecule has 1 aliphatic carbocycles. The predicted molar refractivity (Wildman–Crippen MR) is 67.2 cm³/mol. The van der Waals surface area contributed by atoms with Gasteiger partial charge in [0.05, 0.1) is 0 Å². The van der Waals surface area contributed by atoms with Gasteiger partial charge in [0.15, 0.2) is 0 Å². The fraction of sp³-hybridized carbons (Fsp3) is 0.615. The monoisotopic (exact) mass is 219 g/mol. The third kappa shape index (κ3) is 2.95. The zero-order valence-corrected chi connectivity index (χ0v) is 9.95. The third-order valence-corrected chi connectivity index (χ3v) is 3.40. The van der Waals surface area contributed by atoms with Crippen LogP contribution in [0.4, 0.5) is 5.82 Å². The van der Waals surface area contributed by atoms with E-state index in [1.54, 1.807) is 6.20 Å². The Morgan fingerprint density at radius 1 is 1.50 bits per heavy atom. The van der Waals surface area contributed by atoms with Gasteiger partial charge in [0, 0.05) is 12.2 Å². The number of nitrogens with two attached hydrogens (primary N) is 1. The fourth-order valence-corrected chi connectivity index (χ4v) is 2.69. The predicted octanol–water partition coefficient (Wildman–Crippen LogP) is 1.98. The topological polar surface area (TPSA) is 50.9 Å². The van der Waals surface area contributed by atoms with Crippen molar-refractivity contribution in [2.75, 3.05) is 12.3 Å². The lowest BCUT2D eigenvalue weighted by molar-refractivity contribution is 0.493. The molecule has 0 saturated heterocycles. The molecule has 3 heteroatoms. The summed E-state index contributed by atoms with van der Waals surface area (Å²) in [5, 5.41) is 3.53. The molecule has 1 fully saturated rings. The van der Waals surface area contributed by atoms with E-state index >= 15 is 0 Å². The van der Waals surface area contributed by atoms with E-state index in [-0.39, 0.29) is 0 Å². The summed E-state index contributed by atoms with van der Waals surface area (Å²) < 4.78 is 0. The Morgan fingerprint density at radius 3 is 3.12 bits per heavy atom. The van der Waals surface area contributed by atoms with Crippen molar-refractivity contribution in [2.45, 2.75) is 38.6 Å². The number of hydrogen-bond donors (Lipinski definition) is 2. The van der Waals surface area contributed by atoms with Gasteiger partial charge in [-0.15, -0.1) is 0 Å². The summed E-state index contributed by atoms with van der Waals surface area (Å²) >= 11 is 0. The molecule has 1 aromatic rings. The van der Waals surface area contributed by atoms with E-state index in [0.717, 1.165) is 24.9 Å². The van der Waals surface area contributed by atoms with Crippen LogP contribution in [0.2, 0.25) is 0 Å². The molecule has 1 heterocycles. The number of hydrogen-bond acceptors (Lipinski definition) is 3. The van der Waals surface area contributed by atoms with Crippen LogP contribution in [0.25, 0.3) is 0 Å². The van der Waals surface area contributed by atoms with Crippen LogP contribution in [0.5, 0.6) is 0 Å². The molecule has 2 rings (SSSR count). The van der Waals surface area contributed by atoms with Gasteiger partial charge in [-0.3, -0.25) is 0 Å². The summed E-state index contributed by atoms with van der Waals surface area (Å²) in [7, 11) is 0. The van der Waals surface area contributed by atoms with Crippen molar-refractivity contribution < 1.29 is 0 Å². The maximum Gasteiger partial charge on any atom is 0.123 e. The number of pyridine rings is 1. The van der Waals surface area contributed by atoms with Crippen LogP contribution in [0.15, 0.2) is 18.3 Å². The minimum Gasteiger partial charge on any atom is -0.384 e. The molecule has 2 unspecified atom stereocenters. The first-order valence-corrected chi connectivity index (χ1v) is 6.21. The van der Waals surface area contributed by atoms with Gasteiger partial charge in [-0.2, -0.15) is 0 Å². The smallest absolute Gasteiger partial charge is 0.123 e. The molecule has 0 spiro atoms. The van der Waals surface area contributed by atoms with Crippen LogP contribution in [-0.4, -0.2) is 17.6 Å². The molecule has 2 atom stereocenters. The van der Waals surface area contributed by atoms with E-state index in [1.165, 1.54) is 24.8 Å². The largest absolute Gasteiger partial charge is 0.384 e. The highest BCUT2D eigenvalue weighted by Gasteiger charge is 2.23. The highest BCUT2D eigenvalue weighted by molar-refractivity contribution is 5.32. The van der Waals surface area contributed by atoms with Gasteiger partial charge in [0.2, 0.25) is 0 Å². The lowest BCUT2D eigenvalue weighted by Crippen LogP contribution is -2.25. The van der Waals surface area contributed by atoms with Crippen LogP contribution in [0.1, 0.15) is 31.7 Å². The first-order valence-electron chi connectivity index (χ1n) is 6.21. The zero-order valence-electron chi connectivity index (χ0n) is 9.95. The molecule has 3 N–H and O–H groups in total. The van der Waals surface area contributed by atoms with E-state index < -0.39 is 0 Å². The molecule has 1 aliphatic rings. The average molecular weight is 219 g/mol. The number of nitrogens with zero attached hydrogens (tertiary/aromatic N) is 1. The van der Waals surface area contributed by atoms with Crippen molar-refractivity contribution in [3.8, 4) is 0 Å². The SMILES string of the molecule is CCNC1CCC(Cc2ccnc(N)c2)C1. The lowest BCUT2D eigenvalue weighted by atomic mass is 9.98. The Morgan fingerprint density at radius 2 is 2.38 bits per heavy atom. The Hall–Kier alpha value is -1.09. The van der Waals surface area contributed by atoms with Crippen LogP contribution in [-0.2, 0) is 6.42 Å². The highest BCUT2D eigenvalue weighted by atomic mass is 14.9. The summed E-state index contributed by atoms with van der Waals surface area (Å²) in [5.74, 6) is 1.45. The molecule has 0 radical (unpaired) electrons. The second-order valence-corrected chi connectivity index (χ2v) is 4.73. The molecule has 0 bridgehead atoms. The van der Waals surface area contributed by atoms with E-state index in [1.807, 2.05) is 6.07 Å². The quantitative estimate of drug-likeness (QED) is 0.814. The maximum absolute atomic E-state index is 5.68. The molecular weight excluding hydrogens is 198 g/mol. The molecule has 88 valence electrons. The van der Waals surface area contributed by atoms with Crippen molar-refractivity contribution in [1.29, 1.82) is 0 Å². The number of rotatable bonds is 4. The first-order chi connectivity index (χ1) is 7.78. The lowest BCUT2D eigenvalue weighted by Gasteiger charge is -2.12. The Labute approximate surface area is 97.5 Å². The second-order valence-electron chi connectivity index (χ2n) is 4.73. The van der Waals surface area contributed by atoms with Gasteiger partial charge in [-0.1, -0.05) is 6.92 Å². The number of nitrogens with one attached hydrogen (secondary N) is 1. The van der Waals surface area contributed by atoms with Gasteiger partial charge in [-0.05, 0) is 55.8 Å². The molecule has 1 aromatic heterocycles. The van der Waals surface area contributed by atoms with Crippen molar-refractivity contribution in [3.05, 3.63) is 23.9 Å². The van der Waals surface area contributed by atoms with Gasteiger partial charge in [-0.25, -0.2) is 4.98 Å². The van der Waals surface area contributed by atoms with Gasteiger partial charge in [0.1, 0.15) is 5.82 Å². The summed E-state index contributed by atoms with van der Waals surface area (Å²) in [4.78, 5) is 4.02. The van der Waals surface area contributed by atoms with Crippen molar-refractivity contribution in [1.82, 2.24) is 10.3 Å². The minimum atomic E-state index is 0.638. The summed E-state index contributed by atoms with van der Waals surface area (Å²) in [6.45, 7) is 3.26. The molecule has 1 saturated carbocycles. The molecule has 0 aromatic carbocycles. The number of aromatic nitrogens is 1. The third-order valence-electron chi connectivity index (χ3n) is 3.40. The van der Waals surface area contributed by atoms with Crippen LogP contribution in [0, 0.1) is 5.92 Å². The Kier molecular flexibility index (Phi) is 3.78. The summed E-state index contributed by atoms with van der Waals surface area (Å²) in [5.41, 5.74) is 7.01. The van der Waals surface area contributed by atoms with Gasteiger partial charge in [0.25, 0.3) is 0 Å². The maximum atomic E-state index is 5.68. The molecule has 0 amide bonds. The number of anilines is 1. The van der Waals surface area contributed by atoms with E-state index in [4.69, 9.17) is 5.73 Å². The highest BCUT2D eigenvalue weighted by Crippen LogP contribution is 2.28. The van der Waals surface area contributed by atoms with E-state index in [9.17, 15) is 0 Å². The van der Waals surface area contributed by atoms with Crippen molar-refractivity contribution >= 4 is 5.82 Å². The summed E-state index contributed by atoms with van der Waals surface area (Å²) in [6, 6.07) is 4.81.